The fraction of sp³-hybridized carbons (Fsp3) is 0.190. The van der Waals surface area contributed by atoms with Gasteiger partial charge in [0.05, 0.1) is 0 Å². The molecule has 1 aliphatic rings. The van der Waals surface area contributed by atoms with E-state index in [1.54, 1.807) is 0 Å². The summed E-state index contributed by atoms with van der Waals surface area (Å²) in [7, 11) is 0. The van der Waals surface area contributed by atoms with Crippen molar-refractivity contribution in [3.05, 3.63) is 101 Å². The monoisotopic (exact) mass is 285 g/mol. The molecule has 0 saturated carbocycles. The Morgan fingerprint density at radius 2 is 1.45 bits per heavy atom. The average molecular weight is 285 g/mol. The Morgan fingerprint density at radius 1 is 0.773 bits per heavy atom. The minimum Gasteiger partial charge on any atom is -0.264 e. The van der Waals surface area contributed by atoms with E-state index in [1.807, 2.05) is 6.20 Å². The molecule has 4 rings (SSSR count). The fourth-order valence-electron chi connectivity index (χ4n) is 3.68. The van der Waals surface area contributed by atoms with Gasteiger partial charge in [0.2, 0.25) is 0 Å². The molecular weight excluding hydrogens is 266 g/mol. The number of pyridine rings is 1. The zero-order chi connectivity index (χ0) is 14.8. The summed E-state index contributed by atoms with van der Waals surface area (Å²) in [4.78, 5) is 4.37. The lowest BCUT2D eigenvalue weighted by atomic mass is 9.72. The van der Waals surface area contributed by atoms with Gasteiger partial charge in [0, 0.05) is 18.3 Å². The van der Waals surface area contributed by atoms with Gasteiger partial charge in [-0.1, -0.05) is 60.7 Å². The lowest BCUT2D eigenvalue weighted by molar-refractivity contribution is 0.534. The van der Waals surface area contributed by atoms with Gasteiger partial charge < -0.3 is 0 Å². The summed E-state index contributed by atoms with van der Waals surface area (Å²) >= 11 is 0. The highest BCUT2D eigenvalue weighted by Gasteiger charge is 2.28. The van der Waals surface area contributed by atoms with Gasteiger partial charge in [-0.2, -0.15) is 0 Å². The predicted octanol–water partition coefficient (Wildman–Crippen LogP) is 4.94. The van der Waals surface area contributed by atoms with Crippen LogP contribution in [-0.2, 0) is 6.42 Å². The molecule has 2 aromatic carbocycles. The van der Waals surface area contributed by atoms with Crippen LogP contribution in [0.4, 0.5) is 0 Å². The first-order valence-corrected chi connectivity index (χ1v) is 7.94. The van der Waals surface area contributed by atoms with Crippen LogP contribution < -0.4 is 0 Å². The molecule has 0 saturated heterocycles. The minimum atomic E-state index is 0.448. The number of hydrogen-bond acceptors (Lipinski definition) is 1. The van der Waals surface area contributed by atoms with E-state index in [-0.39, 0.29) is 0 Å². The zero-order valence-electron chi connectivity index (χ0n) is 12.5. The molecule has 0 aliphatic heterocycles. The van der Waals surface area contributed by atoms with Crippen LogP contribution in [0.5, 0.6) is 0 Å². The summed E-state index contributed by atoms with van der Waals surface area (Å²) in [5.74, 6) is 1.03. The van der Waals surface area contributed by atoms with Gasteiger partial charge in [0.15, 0.2) is 0 Å². The summed E-state index contributed by atoms with van der Waals surface area (Å²) in [5.41, 5.74) is 5.70. The molecule has 22 heavy (non-hydrogen) atoms. The molecule has 3 aromatic rings. The van der Waals surface area contributed by atoms with Crippen molar-refractivity contribution in [1.82, 2.24) is 4.98 Å². The Bertz CT molecular complexity index is 749. The molecule has 0 spiro atoms. The van der Waals surface area contributed by atoms with E-state index in [4.69, 9.17) is 0 Å². The third-order valence-corrected chi connectivity index (χ3v) is 4.78. The lowest BCUT2D eigenvalue weighted by Gasteiger charge is -2.32. The smallest absolute Gasteiger partial charge is 0.0308 e. The maximum Gasteiger partial charge on any atom is 0.0308 e. The summed E-state index contributed by atoms with van der Waals surface area (Å²) in [5, 5.41) is 0. The second kappa shape index (κ2) is 5.76. The van der Waals surface area contributed by atoms with E-state index in [9.17, 15) is 0 Å². The highest BCUT2D eigenvalue weighted by Crippen LogP contribution is 2.42. The number of fused-ring (bicyclic) bond motifs is 1. The largest absolute Gasteiger partial charge is 0.264 e. The van der Waals surface area contributed by atoms with Crippen LogP contribution in [0, 0.1) is 0 Å². The van der Waals surface area contributed by atoms with E-state index in [0.717, 1.165) is 12.8 Å². The molecular formula is C21H19N. The predicted molar refractivity (Wildman–Crippen MR) is 90.0 cm³/mol. The molecule has 1 heterocycles. The van der Waals surface area contributed by atoms with Gasteiger partial charge in [-0.15, -0.1) is 0 Å². The Labute approximate surface area is 131 Å². The van der Waals surface area contributed by atoms with Gasteiger partial charge in [0.1, 0.15) is 0 Å². The molecule has 0 amide bonds. The average Bonchev–Trinajstić information content (AvgIpc) is 2.62. The van der Waals surface area contributed by atoms with Gasteiger partial charge in [-0.05, 0) is 47.1 Å². The quantitative estimate of drug-likeness (QED) is 0.649. The van der Waals surface area contributed by atoms with Crippen molar-refractivity contribution in [3.8, 4) is 0 Å². The number of rotatable bonds is 2. The second-order valence-corrected chi connectivity index (χ2v) is 6.09. The standard InChI is InChI=1S/C21H19N/c1-3-7-16(8-4-1)19-13-18-11-12-22-15-21(18)20(14-19)17-9-5-2-6-10-17/h1-12,15,19-20H,13-14H2. The van der Waals surface area contributed by atoms with E-state index < -0.39 is 0 Å². The molecule has 0 radical (unpaired) electrons. The van der Waals surface area contributed by atoms with Gasteiger partial charge in [-0.3, -0.25) is 4.98 Å². The molecule has 1 aromatic heterocycles. The van der Waals surface area contributed by atoms with Crippen molar-refractivity contribution in [1.29, 1.82) is 0 Å². The van der Waals surface area contributed by atoms with E-state index in [1.165, 1.54) is 22.3 Å². The fourth-order valence-corrected chi connectivity index (χ4v) is 3.68. The van der Waals surface area contributed by atoms with Crippen LogP contribution in [-0.4, -0.2) is 4.98 Å². The van der Waals surface area contributed by atoms with Crippen molar-refractivity contribution < 1.29 is 0 Å². The molecule has 2 atom stereocenters. The SMILES string of the molecule is c1ccc(C2Cc3ccncc3C(c3ccccc3)C2)cc1. The van der Waals surface area contributed by atoms with Gasteiger partial charge in [0.25, 0.3) is 0 Å². The molecule has 1 aliphatic carbocycles. The third-order valence-electron chi connectivity index (χ3n) is 4.78. The lowest BCUT2D eigenvalue weighted by Crippen LogP contribution is -2.18. The molecule has 2 unspecified atom stereocenters. The van der Waals surface area contributed by atoms with Gasteiger partial charge >= 0.3 is 0 Å². The van der Waals surface area contributed by atoms with Crippen LogP contribution in [0.1, 0.15) is 40.5 Å². The Morgan fingerprint density at radius 3 is 2.18 bits per heavy atom. The molecule has 0 fully saturated rings. The van der Waals surface area contributed by atoms with Crippen LogP contribution in [0.2, 0.25) is 0 Å². The molecule has 108 valence electrons. The van der Waals surface area contributed by atoms with Crippen LogP contribution >= 0.6 is 0 Å². The molecule has 0 bridgehead atoms. The van der Waals surface area contributed by atoms with Crippen molar-refractivity contribution in [2.24, 2.45) is 0 Å². The van der Waals surface area contributed by atoms with Crippen molar-refractivity contribution in [3.63, 3.8) is 0 Å². The summed E-state index contributed by atoms with van der Waals surface area (Å²) in [6.45, 7) is 0. The third kappa shape index (κ3) is 2.43. The first kappa shape index (κ1) is 13.3. The Hall–Kier alpha value is -2.41. The first-order valence-electron chi connectivity index (χ1n) is 7.94. The van der Waals surface area contributed by atoms with Crippen LogP contribution in [0.3, 0.4) is 0 Å². The number of nitrogens with zero attached hydrogens (tertiary/aromatic N) is 1. The summed E-state index contributed by atoms with van der Waals surface area (Å²) in [6.07, 6.45) is 6.26. The van der Waals surface area contributed by atoms with Gasteiger partial charge in [-0.25, -0.2) is 0 Å². The first-order chi connectivity index (χ1) is 10.9. The Kier molecular flexibility index (Phi) is 3.48. The minimum absolute atomic E-state index is 0.448. The number of aromatic nitrogens is 1. The maximum atomic E-state index is 4.37. The van der Waals surface area contributed by atoms with E-state index in [2.05, 4.69) is 77.9 Å². The van der Waals surface area contributed by atoms with Crippen molar-refractivity contribution >= 4 is 0 Å². The zero-order valence-corrected chi connectivity index (χ0v) is 12.5. The normalized spacial score (nSPS) is 20.4. The van der Waals surface area contributed by atoms with Crippen molar-refractivity contribution in [2.75, 3.05) is 0 Å². The highest BCUT2D eigenvalue weighted by atomic mass is 14.6. The van der Waals surface area contributed by atoms with Crippen molar-refractivity contribution in [2.45, 2.75) is 24.7 Å². The van der Waals surface area contributed by atoms with E-state index in [0.29, 0.717) is 11.8 Å². The molecule has 1 nitrogen and oxygen atoms in total. The van der Waals surface area contributed by atoms with E-state index >= 15 is 0 Å². The van der Waals surface area contributed by atoms with Crippen LogP contribution in [0.15, 0.2) is 79.1 Å². The summed E-state index contributed by atoms with van der Waals surface area (Å²) in [6, 6.07) is 24.0. The van der Waals surface area contributed by atoms with Crippen LogP contribution in [0.25, 0.3) is 0 Å². The molecule has 1 heteroatoms. The number of benzene rings is 2. The number of hydrogen-bond donors (Lipinski definition) is 0. The second-order valence-electron chi connectivity index (χ2n) is 6.09. The molecule has 0 N–H and O–H groups in total. The summed E-state index contributed by atoms with van der Waals surface area (Å²) < 4.78 is 0. The maximum absolute atomic E-state index is 4.37. The highest BCUT2D eigenvalue weighted by molar-refractivity contribution is 5.41. The topological polar surface area (TPSA) is 12.9 Å². The Balaban J connectivity index is 1.77.